The molecule has 0 radical (unpaired) electrons. The first-order valence-electron chi connectivity index (χ1n) is 9.88. The minimum absolute atomic E-state index is 0.142. The second kappa shape index (κ2) is 8.89. The summed E-state index contributed by atoms with van der Waals surface area (Å²) in [5, 5.41) is 12.8. The number of nitrogens with one attached hydrogen (secondary N) is 1. The molecule has 0 aliphatic heterocycles. The van der Waals surface area contributed by atoms with Crippen molar-refractivity contribution >= 4 is 44.4 Å². The summed E-state index contributed by atoms with van der Waals surface area (Å²) in [5.74, 6) is 0.720. The first-order valence-corrected chi connectivity index (χ1v) is 11.7. The van der Waals surface area contributed by atoms with Gasteiger partial charge in [0.2, 0.25) is 5.91 Å². The molecule has 0 saturated carbocycles. The van der Waals surface area contributed by atoms with Gasteiger partial charge in [-0.2, -0.15) is 0 Å². The molecule has 7 nitrogen and oxygen atoms in total. The van der Waals surface area contributed by atoms with Gasteiger partial charge >= 0.3 is 0 Å². The molecule has 2 aromatic carbocycles. The lowest BCUT2D eigenvalue weighted by atomic mass is 10.2. The number of rotatable bonds is 6. The molecule has 0 bridgehead atoms. The van der Waals surface area contributed by atoms with Gasteiger partial charge in [-0.05, 0) is 48.9 Å². The predicted octanol–water partition coefficient (Wildman–Crippen LogP) is 4.98. The van der Waals surface area contributed by atoms with Crippen molar-refractivity contribution in [2.24, 2.45) is 0 Å². The molecule has 32 heavy (non-hydrogen) atoms. The van der Waals surface area contributed by atoms with Crippen molar-refractivity contribution in [3.8, 4) is 17.1 Å². The maximum absolute atomic E-state index is 12.6. The summed E-state index contributed by atoms with van der Waals surface area (Å²) in [7, 11) is 0. The Labute approximate surface area is 192 Å². The summed E-state index contributed by atoms with van der Waals surface area (Å²) in [6.07, 6.45) is 3.47. The van der Waals surface area contributed by atoms with Crippen LogP contribution in [0.25, 0.3) is 27.3 Å². The lowest BCUT2D eigenvalue weighted by molar-refractivity contribution is -0.113. The van der Waals surface area contributed by atoms with Crippen molar-refractivity contribution < 1.29 is 4.79 Å². The zero-order valence-corrected chi connectivity index (χ0v) is 18.7. The van der Waals surface area contributed by atoms with Crippen LogP contribution < -0.4 is 5.32 Å². The summed E-state index contributed by atoms with van der Waals surface area (Å²) in [6, 6.07) is 19.7. The van der Waals surface area contributed by atoms with E-state index in [9.17, 15) is 4.79 Å². The van der Waals surface area contributed by atoms with Gasteiger partial charge in [0.05, 0.1) is 16.0 Å². The third-order valence-corrected chi connectivity index (χ3v) is 6.55. The van der Waals surface area contributed by atoms with Gasteiger partial charge in [-0.15, -0.1) is 10.2 Å². The third-order valence-electron chi connectivity index (χ3n) is 4.69. The molecule has 3 heterocycles. The average molecular weight is 459 g/mol. The van der Waals surface area contributed by atoms with E-state index >= 15 is 0 Å². The predicted molar refractivity (Wildman–Crippen MR) is 128 cm³/mol. The van der Waals surface area contributed by atoms with Crippen LogP contribution in [-0.4, -0.2) is 36.4 Å². The van der Waals surface area contributed by atoms with Crippen LogP contribution in [-0.2, 0) is 4.79 Å². The number of aryl methyl sites for hydroxylation is 1. The maximum Gasteiger partial charge on any atom is 0.236 e. The number of nitrogens with zero attached hydrogens (tertiary/aromatic N) is 5. The summed E-state index contributed by atoms with van der Waals surface area (Å²) in [4.78, 5) is 21.3. The van der Waals surface area contributed by atoms with E-state index in [1.54, 1.807) is 12.4 Å². The smallest absolute Gasteiger partial charge is 0.236 e. The molecule has 0 aliphatic rings. The molecule has 158 valence electrons. The van der Waals surface area contributed by atoms with Gasteiger partial charge in [0.25, 0.3) is 0 Å². The molecular weight excluding hydrogens is 440 g/mol. The molecule has 9 heteroatoms. The fourth-order valence-corrected chi connectivity index (χ4v) is 4.96. The number of thioether (sulfide) groups is 1. The number of pyridine rings is 1. The van der Waals surface area contributed by atoms with Crippen molar-refractivity contribution in [1.82, 2.24) is 24.7 Å². The van der Waals surface area contributed by atoms with E-state index in [2.05, 4.69) is 31.5 Å². The molecule has 5 rings (SSSR count). The van der Waals surface area contributed by atoms with Crippen molar-refractivity contribution in [3.63, 3.8) is 0 Å². The van der Waals surface area contributed by atoms with Crippen LogP contribution in [0.4, 0.5) is 5.13 Å². The molecule has 0 fully saturated rings. The van der Waals surface area contributed by atoms with Gasteiger partial charge < -0.3 is 5.32 Å². The number of aromatic nitrogens is 5. The molecule has 1 N–H and O–H groups in total. The first-order chi connectivity index (χ1) is 15.7. The lowest BCUT2D eigenvalue weighted by Gasteiger charge is -2.10. The van der Waals surface area contributed by atoms with Crippen LogP contribution >= 0.6 is 23.1 Å². The number of hydrogen-bond acceptors (Lipinski definition) is 7. The van der Waals surface area contributed by atoms with Crippen molar-refractivity contribution in [2.45, 2.75) is 12.1 Å². The number of carbonyl (C=O) groups excluding carboxylic acids is 1. The Balaban J connectivity index is 1.36. The Morgan fingerprint density at radius 2 is 1.97 bits per heavy atom. The number of carbonyl (C=O) groups is 1. The van der Waals surface area contributed by atoms with E-state index in [1.807, 2.05) is 66.1 Å². The van der Waals surface area contributed by atoms with Crippen LogP contribution in [0, 0.1) is 6.92 Å². The van der Waals surface area contributed by atoms with E-state index in [4.69, 9.17) is 0 Å². The normalized spacial score (nSPS) is 11.0. The number of benzene rings is 2. The highest BCUT2D eigenvalue weighted by atomic mass is 32.2. The van der Waals surface area contributed by atoms with Crippen LogP contribution in [0.3, 0.4) is 0 Å². The minimum atomic E-state index is -0.142. The highest BCUT2D eigenvalue weighted by Gasteiger charge is 2.18. The number of fused-ring (bicyclic) bond motifs is 1. The molecule has 3 aromatic heterocycles. The fraction of sp³-hybridized carbons (Fsp3) is 0.0870. The van der Waals surface area contributed by atoms with E-state index in [-0.39, 0.29) is 11.7 Å². The Morgan fingerprint density at radius 1 is 1.09 bits per heavy atom. The highest BCUT2D eigenvalue weighted by Crippen LogP contribution is 2.29. The zero-order chi connectivity index (χ0) is 21.9. The molecule has 0 saturated heterocycles. The summed E-state index contributed by atoms with van der Waals surface area (Å²) in [6.45, 7) is 2.04. The third kappa shape index (κ3) is 4.25. The van der Waals surface area contributed by atoms with Gasteiger partial charge in [-0.3, -0.25) is 14.3 Å². The van der Waals surface area contributed by atoms with Crippen molar-refractivity contribution in [2.75, 3.05) is 11.1 Å². The Kier molecular flexibility index (Phi) is 5.66. The number of hydrogen-bond donors (Lipinski definition) is 1. The largest absolute Gasteiger partial charge is 0.301 e. The molecule has 1 amide bonds. The monoisotopic (exact) mass is 458 g/mol. The van der Waals surface area contributed by atoms with Gasteiger partial charge in [-0.25, -0.2) is 4.98 Å². The van der Waals surface area contributed by atoms with E-state index < -0.39 is 0 Å². The van der Waals surface area contributed by atoms with Crippen LogP contribution in [0.2, 0.25) is 0 Å². The van der Waals surface area contributed by atoms with Gasteiger partial charge in [0, 0.05) is 23.6 Å². The summed E-state index contributed by atoms with van der Waals surface area (Å²) in [5.41, 5.74) is 3.82. The fourth-order valence-electron chi connectivity index (χ4n) is 3.23. The molecule has 0 aliphatic carbocycles. The maximum atomic E-state index is 12.6. The topological polar surface area (TPSA) is 85.6 Å². The highest BCUT2D eigenvalue weighted by molar-refractivity contribution is 7.99. The number of amides is 1. The number of anilines is 1. The van der Waals surface area contributed by atoms with Gasteiger partial charge in [0.1, 0.15) is 0 Å². The summed E-state index contributed by atoms with van der Waals surface area (Å²) < 4.78 is 2.99. The van der Waals surface area contributed by atoms with Crippen LogP contribution in [0.15, 0.2) is 78.2 Å². The molecule has 0 spiro atoms. The molecule has 5 aromatic rings. The van der Waals surface area contributed by atoms with Crippen LogP contribution in [0.1, 0.15) is 5.56 Å². The van der Waals surface area contributed by atoms with Crippen molar-refractivity contribution in [1.29, 1.82) is 0 Å². The quantitative estimate of drug-likeness (QED) is 0.361. The average Bonchev–Trinajstić information content (AvgIpc) is 3.42. The Hall–Kier alpha value is -3.56. The molecular formula is C23H18N6OS2. The van der Waals surface area contributed by atoms with Crippen LogP contribution in [0.5, 0.6) is 0 Å². The minimum Gasteiger partial charge on any atom is -0.301 e. The Morgan fingerprint density at radius 3 is 2.78 bits per heavy atom. The molecule has 0 unspecified atom stereocenters. The van der Waals surface area contributed by atoms with E-state index in [0.29, 0.717) is 16.1 Å². The van der Waals surface area contributed by atoms with Crippen molar-refractivity contribution in [3.05, 3.63) is 78.6 Å². The number of para-hydroxylation sites is 1. The zero-order valence-electron chi connectivity index (χ0n) is 17.1. The Bertz CT molecular complexity index is 1380. The summed E-state index contributed by atoms with van der Waals surface area (Å²) >= 11 is 2.80. The second-order valence-electron chi connectivity index (χ2n) is 7.05. The second-order valence-corrected chi connectivity index (χ2v) is 9.02. The SMILES string of the molecule is Cc1ccc2nc(NC(=O)CSc3nnc(-c4cccnc4)n3-c3ccccc3)sc2c1. The van der Waals surface area contributed by atoms with E-state index in [1.165, 1.54) is 28.7 Å². The van der Waals surface area contributed by atoms with E-state index in [0.717, 1.165) is 21.5 Å². The lowest BCUT2D eigenvalue weighted by Crippen LogP contribution is -2.14. The first kappa shape index (κ1) is 20.3. The molecule has 0 atom stereocenters. The number of thiazole rings is 1. The van der Waals surface area contributed by atoms with Gasteiger partial charge in [-0.1, -0.05) is 47.4 Å². The standard InChI is InChI=1S/C23H18N6OS2/c1-15-9-10-18-19(12-15)32-22(25-18)26-20(30)14-31-23-28-27-21(16-6-5-11-24-13-16)29(23)17-7-3-2-4-8-17/h2-13H,14H2,1H3,(H,25,26,30). The van der Waals surface area contributed by atoms with Gasteiger partial charge in [0.15, 0.2) is 16.1 Å².